The van der Waals surface area contributed by atoms with E-state index in [-0.39, 0.29) is 23.3 Å². The van der Waals surface area contributed by atoms with Crippen LogP contribution in [0.4, 0.5) is 4.39 Å². The van der Waals surface area contributed by atoms with Crippen LogP contribution in [0.3, 0.4) is 0 Å². The second-order valence-electron chi connectivity index (χ2n) is 8.89. The van der Waals surface area contributed by atoms with Gasteiger partial charge in [-0.2, -0.15) is 5.10 Å². The normalized spacial score (nSPS) is 16.4. The summed E-state index contributed by atoms with van der Waals surface area (Å²) >= 11 is 0. The maximum Gasteiger partial charge on any atom is 0.330 e. The Morgan fingerprint density at radius 2 is 2.00 bits per heavy atom. The van der Waals surface area contributed by atoms with E-state index in [9.17, 15) is 9.59 Å². The van der Waals surface area contributed by atoms with Crippen LogP contribution in [-0.2, 0) is 16.0 Å². The summed E-state index contributed by atoms with van der Waals surface area (Å²) in [5.74, 6) is -1.26. The van der Waals surface area contributed by atoms with Crippen molar-refractivity contribution in [3.05, 3.63) is 53.1 Å². The van der Waals surface area contributed by atoms with Crippen molar-refractivity contribution in [1.29, 1.82) is 0 Å². The van der Waals surface area contributed by atoms with Gasteiger partial charge in [-0.05, 0) is 44.4 Å². The average Bonchev–Trinajstić information content (AvgIpc) is 3.20. The first-order valence-electron chi connectivity index (χ1n) is 12.2. The molecule has 1 saturated heterocycles. The molecule has 0 saturated carbocycles. The fourth-order valence-corrected chi connectivity index (χ4v) is 4.59. The number of carbonyl (C=O) groups is 2. The predicted octanol–water partition coefficient (Wildman–Crippen LogP) is 4.70. The lowest BCUT2D eigenvalue weighted by atomic mass is 10.1. The van der Waals surface area contributed by atoms with Crippen molar-refractivity contribution in [1.82, 2.24) is 19.5 Å². The van der Waals surface area contributed by atoms with Crippen molar-refractivity contribution >= 4 is 23.6 Å². The summed E-state index contributed by atoms with van der Waals surface area (Å²) in [6, 6.07) is 6.83. The Bertz CT molecular complexity index is 1320. The lowest BCUT2D eigenvalue weighted by Crippen LogP contribution is -2.38. The van der Waals surface area contributed by atoms with Gasteiger partial charge in [-0.25, -0.2) is 18.7 Å². The van der Waals surface area contributed by atoms with E-state index in [2.05, 4.69) is 21.7 Å². The third kappa shape index (κ3) is 4.96. The molecule has 0 aliphatic carbocycles. The van der Waals surface area contributed by atoms with E-state index < -0.39 is 11.8 Å². The van der Waals surface area contributed by atoms with Gasteiger partial charge in [-0.15, -0.1) is 0 Å². The summed E-state index contributed by atoms with van der Waals surface area (Å²) in [4.78, 5) is 31.3. The van der Waals surface area contributed by atoms with Crippen LogP contribution in [0.25, 0.3) is 23.0 Å². The highest BCUT2D eigenvalue weighted by molar-refractivity contribution is 5.93. The number of ether oxygens (including phenoxy) is 2. The molecule has 1 fully saturated rings. The molecule has 4 rings (SSSR count). The van der Waals surface area contributed by atoms with Gasteiger partial charge in [0.1, 0.15) is 5.69 Å². The largest absolute Gasteiger partial charge is 0.493 e. The Morgan fingerprint density at radius 1 is 1.19 bits per heavy atom. The van der Waals surface area contributed by atoms with E-state index >= 15 is 4.39 Å². The minimum absolute atomic E-state index is 0.0144. The minimum atomic E-state index is -0.610. The quantitative estimate of drug-likeness (QED) is 0.365. The summed E-state index contributed by atoms with van der Waals surface area (Å²) in [5, 5.41) is 4.59. The van der Waals surface area contributed by atoms with Crippen LogP contribution in [-0.4, -0.2) is 58.2 Å². The monoisotopic (exact) mass is 494 g/mol. The molecule has 3 aromatic rings. The number of amides is 1. The topological polar surface area (TPSA) is 86.0 Å². The molecule has 2 aromatic heterocycles. The third-order valence-electron chi connectivity index (χ3n) is 6.60. The summed E-state index contributed by atoms with van der Waals surface area (Å²) in [6.45, 7) is 4.78. The van der Waals surface area contributed by atoms with E-state index in [1.807, 2.05) is 11.8 Å². The van der Waals surface area contributed by atoms with Crippen LogP contribution in [0.15, 0.2) is 30.3 Å². The number of likely N-dealkylation sites (tertiary alicyclic amines) is 1. The molecule has 0 radical (unpaired) electrons. The summed E-state index contributed by atoms with van der Waals surface area (Å²) in [7, 11) is 2.63. The zero-order valence-electron chi connectivity index (χ0n) is 21.1. The molecule has 0 bridgehead atoms. The van der Waals surface area contributed by atoms with E-state index in [0.717, 1.165) is 37.9 Å². The highest BCUT2D eigenvalue weighted by Crippen LogP contribution is 2.33. The molecule has 0 spiro atoms. The van der Waals surface area contributed by atoms with Crippen molar-refractivity contribution in [2.24, 2.45) is 0 Å². The van der Waals surface area contributed by atoms with Gasteiger partial charge in [0.25, 0.3) is 5.91 Å². The number of hydrogen-bond acceptors (Lipinski definition) is 6. The second-order valence-corrected chi connectivity index (χ2v) is 8.89. The number of fused-ring (bicyclic) bond motifs is 1. The van der Waals surface area contributed by atoms with Crippen LogP contribution < -0.4 is 4.74 Å². The first kappa shape index (κ1) is 25.3. The number of carbonyl (C=O) groups excluding carboxylic acids is 2. The van der Waals surface area contributed by atoms with Crippen molar-refractivity contribution in [2.75, 3.05) is 20.8 Å². The van der Waals surface area contributed by atoms with Crippen LogP contribution in [0.2, 0.25) is 0 Å². The smallest absolute Gasteiger partial charge is 0.330 e. The summed E-state index contributed by atoms with van der Waals surface area (Å²) < 4.78 is 27.0. The Kier molecular flexibility index (Phi) is 7.67. The number of halogens is 1. The third-order valence-corrected chi connectivity index (χ3v) is 6.60. The molecule has 1 aliphatic rings. The molecular weight excluding hydrogens is 463 g/mol. The Morgan fingerprint density at radius 3 is 2.72 bits per heavy atom. The van der Waals surface area contributed by atoms with Crippen LogP contribution in [0.5, 0.6) is 5.75 Å². The number of aromatic nitrogens is 3. The van der Waals surface area contributed by atoms with Gasteiger partial charge in [-0.3, -0.25) is 4.79 Å². The second kappa shape index (κ2) is 10.9. The van der Waals surface area contributed by atoms with Gasteiger partial charge in [0, 0.05) is 41.5 Å². The first-order chi connectivity index (χ1) is 17.4. The molecule has 1 aliphatic heterocycles. The highest BCUT2D eigenvalue weighted by Gasteiger charge is 2.26. The number of esters is 1. The number of methoxy groups -OCH3 is 2. The zero-order chi connectivity index (χ0) is 25.8. The molecule has 1 atom stereocenters. The molecule has 9 heteroatoms. The van der Waals surface area contributed by atoms with E-state index in [0.29, 0.717) is 29.0 Å². The molecule has 36 heavy (non-hydrogen) atoms. The highest BCUT2D eigenvalue weighted by atomic mass is 19.1. The Hall–Kier alpha value is -3.75. The molecule has 1 aromatic carbocycles. The first-order valence-corrected chi connectivity index (χ1v) is 12.2. The maximum atomic E-state index is 15.5. The van der Waals surface area contributed by atoms with Gasteiger partial charge < -0.3 is 14.4 Å². The van der Waals surface area contributed by atoms with E-state index in [4.69, 9.17) is 4.74 Å². The molecule has 0 N–H and O–H groups in total. The average molecular weight is 495 g/mol. The summed E-state index contributed by atoms with van der Waals surface area (Å²) in [5.41, 5.74) is 2.64. The van der Waals surface area contributed by atoms with Gasteiger partial charge in [0.05, 0.1) is 19.9 Å². The summed E-state index contributed by atoms with van der Waals surface area (Å²) in [6.07, 6.45) is 7.47. The fourth-order valence-electron chi connectivity index (χ4n) is 4.59. The van der Waals surface area contributed by atoms with Crippen LogP contribution in [0.1, 0.15) is 61.3 Å². The minimum Gasteiger partial charge on any atom is -0.493 e. The van der Waals surface area contributed by atoms with E-state index in [1.54, 1.807) is 28.8 Å². The number of rotatable bonds is 6. The SMILES string of the molecule is CCc1cc(C(=O)N2CCCCCC2C)nc2cc(-c3ccc(/C=C/C(=O)OC)c(OC)c3F)nn12. The lowest BCUT2D eigenvalue weighted by Gasteiger charge is -2.27. The van der Waals surface area contributed by atoms with Crippen molar-refractivity contribution in [2.45, 2.75) is 52.0 Å². The number of aryl methyl sites for hydroxylation is 1. The Labute approximate surface area is 209 Å². The standard InChI is InChI=1S/C27H31FN4O4/c1-5-19-15-22(27(34)31-14-8-6-7-9-17(31)2)29-23-16-21(30-32(19)23)20-12-10-18(11-13-24(33)35-3)26(36-4)25(20)28/h10-13,15-17H,5-9,14H2,1-4H3/b13-11+. The molecular formula is C27H31FN4O4. The zero-order valence-corrected chi connectivity index (χ0v) is 21.1. The maximum absolute atomic E-state index is 15.5. The van der Waals surface area contributed by atoms with Gasteiger partial charge in [0.15, 0.2) is 17.2 Å². The van der Waals surface area contributed by atoms with Gasteiger partial charge in [-0.1, -0.05) is 25.8 Å². The van der Waals surface area contributed by atoms with Crippen LogP contribution >= 0.6 is 0 Å². The predicted molar refractivity (Wildman–Crippen MR) is 134 cm³/mol. The molecule has 8 nitrogen and oxygen atoms in total. The van der Waals surface area contributed by atoms with Crippen molar-refractivity contribution < 1.29 is 23.5 Å². The van der Waals surface area contributed by atoms with Gasteiger partial charge >= 0.3 is 5.97 Å². The van der Waals surface area contributed by atoms with Gasteiger partial charge in [0.2, 0.25) is 0 Å². The Balaban J connectivity index is 1.74. The molecule has 1 amide bonds. The lowest BCUT2D eigenvalue weighted by molar-refractivity contribution is -0.134. The molecule has 190 valence electrons. The fraction of sp³-hybridized carbons (Fsp3) is 0.407. The van der Waals surface area contributed by atoms with Crippen molar-refractivity contribution in [3.63, 3.8) is 0 Å². The van der Waals surface area contributed by atoms with Crippen LogP contribution in [0, 0.1) is 5.82 Å². The van der Waals surface area contributed by atoms with Crippen molar-refractivity contribution in [3.8, 4) is 17.0 Å². The molecule has 1 unspecified atom stereocenters. The van der Waals surface area contributed by atoms with E-state index in [1.165, 1.54) is 26.4 Å². The number of benzene rings is 1. The number of hydrogen-bond donors (Lipinski definition) is 0. The number of nitrogens with zero attached hydrogens (tertiary/aromatic N) is 4. The molecule has 3 heterocycles.